The molecule has 1 aromatic rings. The highest BCUT2D eigenvalue weighted by Gasteiger charge is 2.02. The molecule has 1 rings (SSSR count). The molecule has 0 aliphatic heterocycles. The summed E-state index contributed by atoms with van der Waals surface area (Å²) in [5, 5.41) is 10.3. The number of nitrogens with zero attached hydrogens (tertiary/aromatic N) is 1. The van der Waals surface area contributed by atoms with E-state index >= 15 is 0 Å². The van der Waals surface area contributed by atoms with Gasteiger partial charge < -0.3 is 4.74 Å². The van der Waals surface area contributed by atoms with Crippen molar-refractivity contribution in [2.45, 2.75) is 6.61 Å². The molecule has 1 aromatic carbocycles. The third-order valence-corrected chi connectivity index (χ3v) is 1.56. The van der Waals surface area contributed by atoms with Crippen LogP contribution >= 0.6 is 0 Å². The number of nitro benzene ring substituents is 1. The number of nitro groups is 1. The first-order valence-electron chi connectivity index (χ1n) is 3.84. The van der Waals surface area contributed by atoms with Crippen molar-refractivity contribution >= 4 is 5.69 Å². The molecule has 1 radical (unpaired) electrons. The maximum Gasteiger partial charge on any atom is 0.269 e. The molecule has 0 unspecified atom stereocenters. The molecule has 0 aromatic heterocycles. The molecule has 4 heteroatoms. The molecule has 0 atom stereocenters. The van der Waals surface area contributed by atoms with E-state index in [0.717, 1.165) is 5.56 Å². The van der Waals surface area contributed by atoms with Gasteiger partial charge in [0.25, 0.3) is 5.69 Å². The predicted octanol–water partition coefficient (Wildman–Crippen LogP) is 1.95. The first-order valence-corrected chi connectivity index (χ1v) is 3.84. The monoisotopic (exact) mass is 180 g/mol. The highest BCUT2D eigenvalue weighted by atomic mass is 16.6. The third-order valence-electron chi connectivity index (χ3n) is 1.56. The van der Waals surface area contributed by atoms with E-state index in [0.29, 0.717) is 13.2 Å². The summed E-state index contributed by atoms with van der Waals surface area (Å²) in [6.07, 6.45) is 0. The number of hydrogen-bond donors (Lipinski definition) is 0. The Bertz CT molecular complexity index is 281. The Morgan fingerprint density at radius 2 is 2.00 bits per heavy atom. The largest absolute Gasteiger partial charge is 0.377 e. The van der Waals surface area contributed by atoms with Crippen molar-refractivity contribution in [3.05, 3.63) is 46.9 Å². The van der Waals surface area contributed by atoms with Crippen LogP contribution in [0.1, 0.15) is 5.56 Å². The van der Waals surface area contributed by atoms with Crippen LogP contribution in [0.4, 0.5) is 5.69 Å². The summed E-state index contributed by atoms with van der Waals surface area (Å²) < 4.78 is 5.04. The second-order valence-corrected chi connectivity index (χ2v) is 2.48. The number of hydrogen-bond acceptors (Lipinski definition) is 3. The topological polar surface area (TPSA) is 52.4 Å². The molecule has 0 amide bonds. The van der Waals surface area contributed by atoms with Gasteiger partial charge >= 0.3 is 0 Å². The minimum atomic E-state index is -0.425. The normalized spacial score (nSPS) is 9.92. The van der Waals surface area contributed by atoms with Gasteiger partial charge in [0.05, 0.1) is 11.5 Å². The fourth-order valence-corrected chi connectivity index (χ4v) is 0.904. The number of non-ortho nitro benzene ring substituents is 1. The van der Waals surface area contributed by atoms with Crippen molar-refractivity contribution in [3.63, 3.8) is 0 Å². The molecule has 4 nitrogen and oxygen atoms in total. The van der Waals surface area contributed by atoms with Crippen LogP contribution in [0.25, 0.3) is 0 Å². The van der Waals surface area contributed by atoms with Crippen LogP contribution in [0.15, 0.2) is 24.3 Å². The molecule has 0 bridgehead atoms. The lowest BCUT2D eigenvalue weighted by Crippen LogP contribution is -1.92. The van der Waals surface area contributed by atoms with E-state index in [4.69, 9.17) is 4.74 Å². The Hall–Kier alpha value is -1.42. The molecule has 69 valence electrons. The average Bonchev–Trinajstić information content (AvgIpc) is 2.15. The van der Waals surface area contributed by atoms with Gasteiger partial charge in [-0.1, -0.05) is 0 Å². The van der Waals surface area contributed by atoms with Crippen LogP contribution in [-0.4, -0.2) is 11.5 Å². The molecule has 0 spiro atoms. The summed E-state index contributed by atoms with van der Waals surface area (Å²) in [5.74, 6) is 0. The average molecular weight is 180 g/mol. The minimum absolute atomic E-state index is 0.0957. The molecule has 0 saturated carbocycles. The quantitative estimate of drug-likeness (QED) is 0.525. The summed E-state index contributed by atoms with van der Waals surface area (Å²) >= 11 is 0. The predicted molar refractivity (Wildman–Crippen MR) is 48.1 cm³/mol. The van der Waals surface area contributed by atoms with Crippen LogP contribution in [0, 0.1) is 17.0 Å². The van der Waals surface area contributed by atoms with Gasteiger partial charge in [0.15, 0.2) is 0 Å². The maximum absolute atomic E-state index is 10.3. The molecule has 0 aliphatic rings. The van der Waals surface area contributed by atoms with Gasteiger partial charge in [-0.25, -0.2) is 0 Å². The van der Waals surface area contributed by atoms with Crippen LogP contribution in [0.3, 0.4) is 0 Å². The first kappa shape index (κ1) is 9.67. The van der Waals surface area contributed by atoms with Crippen LogP contribution in [0.5, 0.6) is 0 Å². The molecular weight excluding hydrogens is 170 g/mol. The Kier molecular flexibility index (Phi) is 3.40. The summed E-state index contributed by atoms with van der Waals surface area (Å²) in [7, 11) is 0. The van der Waals surface area contributed by atoms with Crippen LogP contribution in [-0.2, 0) is 11.3 Å². The molecule has 0 aliphatic carbocycles. The zero-order chi connectivity index (χ0) is 9.68. The zero-order valence-corrected chi connectivity index (χ0v) is 7.10. The standard InChI is InChI=1S/C9H10NO3/c1-2-13-7-8-3-5-9(6-4-8)10(11)12/h3-6H,1-2,7H2. The molecule has 13 heavy (non-hydrogen) atoms. The summed E-state index contributed by atoms with van der Waals surface area (Å²) in [6, 6.07) is 6.27. The molecular formula is C9H10NO3. The van der Waals surface area contributed by atoms with Gasteiger partial charge in [-0.3, -0.25) is 10.1 Å². The summed E-state index contributed by atoms with van der Waals surface area (Å²) in [5.41, 5.74) is 1.01. The lowest BCUT2D eigenvalue weighted by atomic mass is 10.2. The van der Waals surface area contributed by atoms with Crippen molar-refractivity contribution in [3.8, 4) is 0 Å². The van der Waals surface area contributed by atoms with Crippen molar-refractivity contribution in [2.75, 3.05) is 6.61 Å². The summed E-state index contributed by atoms with van der Waals surface area (Å²) in [6.45, 7) is 4.36. The van der Waals surface area contributed by atoms with Gasteiger partial charge in [-0.15, -0.1) is 0 Å². The molecule has 0 saturated heterocycles. The van der Waals surface area contributed by atoms with Gasteiger partial charge in [0, 0.05) is 18.7 Å². The van der Waals surface area contributed by atoms with Gasteiger partial charge in [0.2, 0.25) is 0 Å². The van der Waals surface area contributed by atoms with Crippen molar-refractivity contribution < 1.29 is 9.66 Å². The third kappa shape index (κ3) is 2.83. The Balaban J connectivity index is 2.64. The van der Waals surface area contributed by atoms with Gasteiger partial charge in [0.1, 0.15) is 0 Å². The maximum atomic E-state index is 10.3. The van der Waals surface area contributed by atoms with Crippen LogP contribution < -0.4 is 0 Å². The van der Waals surface area contributed by atoms with Crippen molar-refractivity contribution in [2.24, 2.45) is 0 Å². The highest BCUT2D eigenvalue weighted by Crippen LogP contribution is 2.12. The van der Waals surface area contributed by atoms with E-state index in [1.54, 1.807) is 12.1 Å². The SMILES string of the molecule is [CH2]COCc1ccc([N+](=O)[O-])cc1. The molecule has 0 N–H and O–H groups in total. The fraction of sp³-hybridized carbons (Fsp3) is 0.222. The van der Waals surface area contributed by atoms with Gasteiger partial charge in [-0.2, -0.15) is 0 Å². The Morgan fingerprint density at radius 3 is 2.46 bits per heavy atom. The van der Waals surface area contributed by atoms with Crippen LogP contribution in [0.2, 0.25) is 0 Å². The number of benzene rings is 1. The molecule has 0 fully saturated rings. The highest BCUT2D eigenvalue weighted by molar-refractivity contribution is 5.32. The van der Waals surface area contributed by atoms with E-state index in [1.165, 1.54) is 12.1 Å². The lowest BCUT2D eigenvalue weighted by Gasteiger charge is -1.99. The van der Waals surface area contributed by atoms with E-state index < -0.39 is 4.92 Å². The first-order chi connectivity index (χ1) is 6.24. The number of ether oxygens (including phenoxy) is 1. The minimum Gasteiger partial charge on any atom is -0.377 e. The fourth-order valence-electron chi connectivity index (χ4n) is 0.904. The Labute approximate surface area is 76.3 Å². The van der Waals surface area contributed by atoms with Crippen molar-refractivity contribution in [1.82, 2.24) is 0 Å². The summed E-state index contributed by atoms with van der Waals surface area (Å²) in [4.78, 5) is 9.87. The van der Waals surface area contributed by atoms with E-state index in [9.17, 15) is 10.1 Å². The Morgan fingerprint density at radius 1 is 1.38 bits per heavy atom. The van der Waals surface area contributed by atoms with E-state index in [2.05, 4.69) is 6.92 Å². The molecule has 0 heterocycles. The number of rotatable bonds is 4. The van der Waals surface area contributed by atoms with Gasteiger partial charge in [-0.05, 0) is 24.6 Å². The second kappa shape index (κ2) is 4.57. The van der Waals surface area contributed by atoms with E-state index in [1.807, 2.05) is 0 Å². The van der Waals surface area contributed by atoms with Crippen molar-refractivity contribution in [1.29, 1.82) is 0 Å². The lowest BCUT2D eigenvalue weighted by molar-refractivity contribution is -0.384. The smallest absolute Gasteiger partial charge is 0.269 e. The van der Waals surface area contributed by atoms with E-state index in [-0.39, 0.29) is 5.69 Å². The second-order valence-electron chi connectivity index (χ2n) is 2.48. The zero-order valence-electron chi connectivity index (χ0n) is 7.10.